The Morgan fingerprint density at radius 2 is 1.96 bits per heavy atom. The molecule has 2 heterocycles. The molecule has 2 aliphatic rings. The Labute approximate surface area is 146 Å². The van der Waals surface area contributed by atoms with Gasteiger partial charge >= 0.3 is 0 Å². The molecule has 0 bridgehead atoms. The summed E-state index contributed by atoms with van der Waals surface area (Å²) in [4.78, 5) is 17.2. The van der Waals surface area contributed by atoms with E-state index >= 15 is 0 Å². The third kappa shape index (κ3) is 3.06. The molecule has 0 atom stereocenters. The summed E-state index contributed by atoms with van der Waals surface area (Å²) in [5.74, 6) is 0.766. The SMILES string of the molecule is COc1ccc(NC(=O)c2cc3c(s2)CN(C2CCCC2)C3)cc1. The largest absolute Gasteiger partial charge is 0.497 e. The number of fused-ring (bicyclic) bond motifs is 1. The van der Waals surface area contributed by atoms with Gasteiger partial charge in [0.25, 0.3) is 5.91 Å². The van der Waals surface area contributed by atoms with Gasteiger partial charge < -0.3 is 10.1 Å². The fraction of sp³-hybridized carbons (Fsp3) is 0.421. The highest BCUT2D eigenvalue weighted by Crippen LogP contribution is 2.36. The number of methoxy groups -OCH3 is 1. The summed E-state index contributed by atoms with van der Waals surface area (Å²) in [6.07, 6.45) is 5.40. The lowest BCUT2D eigenvalue weighted by Gasteiger charge is -2.22. The van der Waals surface area contributed by atoms with E-state index in [4.69, 9.17) is 4.74 Å². The van der Waals surface area contributed by atoms with Gasteiger partial charge in [0, 0.05) is 29.7 Å². The Morgan fingerprint density at radius 1 is 1.21 bits per heavy atom. The predicted octanol–water partition coefficient (Wildman–Crippen LogP) is 4.27. The zero-order valence-corrected chi connectivity index (χ0v) is 14.7. The Balaban J connectivity index is 1.41. The number of nitrogens with one attached hydrogen (secondary N) is 1. The maximum Gasteiger partial charge on any atom is 0.265 e. The van der Waals surface area contributed by atoms with Crippen LogP contribution in [0.2, 0.25) is 0 Å². The summed E-state index contributed by atoms with van der Waals surface area (Å²) >= 11 is 1.64. The highest BCUT2D eigenvalue weighted by Gasteiger charge is 2.30. The summed E-state index contributed by atoms with van der Waals surface area (Å²) in [5, 5.41) is 2.97. The number of nitrogens with zero attached hydrogens (tertiary/aromatic N) is 1. The lowest BCUT2D eigenvalue weighted by molar-refractivity contribution is 0.103. The van der Waals surface area contributed by atoms with Crippen LogP contribution in [0.15, 0.2) is 30.3 Å². The van der Waals surface area contributed by atoms with Crippen molar-refractivity contribution in [1.82, 2.24) is 4.90 Å². The number of anilines is 1. The number of hydrogen-bond acceptors (Lipinski definition) is 4. The lowest BCUT2D eigenvalue weighted by atomic mass is 10.2. The van der Waals surface area contributed by atoms with Crippen LogP contribution in [0, 0.1) is 0 Å². The number of thiophene rings is 1. The van der Waals surface area contributed by atoms with Gasteiger partial charge in [-0.3, -0.25) is 9.69 Å². The van der Waals surface area contributed by atoms with Gasteiger partial charge in [-0.1, -0.05) is 12.8 Å². The van der Waals surface area contributed by atoms with Gasteiger partial charge in [0.2, 0.25) is 0 Å². The maximum absolute atomic E-state index is 12.5. The Bertz CT molecular complexity index is 709. The average molecular weight is 342 g/mol. The Hall–Kier alpha value is -1.85. The fourth-order valence-electron chi connectivity index (χ4n) is 3.70. The van der Waals surface area contributed by atoms with Crippen LogP contribution in [0.4, 0.5) is 5.69 Å². The predicted molar refractivity (Wildman–Crippen MR) is 96.8 cm³/mol. The van der Waals surface area contributed by atoms with E-state index in [1.165, 1.54) is 36.1 Å². The van der Waals surface area contributed by atoms with Crippen LogP contribution in [0.3, 0.4) is 0 Å². The molecule has 0 radical (unpaired) electrons. The molecule has 1 aliphatic carbocycles. The van der Waals surface area contributed by atoms with Crippen molar-refractivity contribution in [3.63, 3.8) is 0 Å². The van der Waals surface area contributed by atoms with Gasteiger partial charge in [-0.2, -0.15) is 0 Å². The Morgan fingerprint density at radius 3 is 2.62 bits per heavy atom. The molecular weight excluding hydrogens is 320 g/mol. The first-order valence-electron chi connectivity index (χ1n) is 8.54. The molecule has 1 amide bonds. The van der Waals surface area contributed by atoms with Crippen LogP contribution in [0.5, 0.6) is 5.75 Å². The number of carbonyl (C=O) groups excluding carboxylic acids is 1. The summed E-state index contributed by atoms with van der Waals surface area (Å²) in [6.45, 7) is 2.02. The van der Waals surface area contributed by atoms with Crippen LogP contribution < -0.4 is 10.1 Å². The smallest absolute Gasteiger partial charge is 0.265 e. The number of benzene rings is 1. The van der Waals surface area contributed by atoms with Gasteiger partial charge in [0.05, 0.1) is 12.0 Å². The van der Waals surface area contributed by atoms with Crippen molar-refractivity contribution in [2.24, 2.45) is 0 Å². The normalized spacial score (nSPS) is 17.9. The quantitative estimate of drug-likeness (QED) is 0.902. The fourth-order valence-corrected chi connectivity index (χ4v) is 4.80. The van der Waals surface area contributed by atoms with E-state index in [-0.39, 0.29) is 5.91 Å². The second-order valence-corrected chi connectivity index (χ2v) is 7.72. The van der Waals surface area contributed by atoms with Crippen molar-refractivity contribution in [2.45, 2.75) is 44.8 Å². The number of carbonyl (C=O) groups is 1. The summed E-state index contributed by atoms with van der Waals surface area (Å²) in [5.41, 5.74) is 2.13. The van der Waals surface area contributed by atoms with E-state index in [1.54, 1.807) is 18.4 Å². The summed E-state index contributed by atoms with van der Waals surface area (Å²) < 4.78 is 5.14. The first kappa shape index (κ1) is 15.7. The second kappa shape index (κ2) is 6.57. The van der Waals surface area contributed by atoms with Gasteiger partial charge in [-0.05, 0) is 48.7 Å². The number of amides is 1. The number of rotatable bonds is 4. The standard InChI is InChI=1S/C19H22N2O2S/c1-23-16-8-6-14(7-9-16)20-19(22)17-10-13-11-21(12-18(13)24-17)15-4-2-3-5-15/h6-10,15H,2-5,11-12H2,1H3,(H,20,22). The molecule has 1 N–H and O–H groups in total. The van der Waals surface area contributed by atoms with Gasteiger partial charge in [0.1, 0.15) is 5.75 Å². The van der Waals surface area contributed by atoms with Crippen LogP contribution >= 0.6 is 11.3 Å². The van der Waals surface area contributed by atoms with Crippen molar-refractivity contribution in [3.8, 4) is 5.75 Å². The third-order valence-electron chi connectivity index (χ3n) is 5.03. The monoisotopic (exact) mass is 342 g/mol. The van der Waals surface area contributed by atoms with Crippen molar-refractivity contribution in [1.29, 1.82) is 0 Å². The summed E-state index contributed by atoms with van der Waals surface area (Å²) in [6, 6.07) is 10.3. The van der Waals surface area contributed by atoms with Crippen molar-refractivity contribution in [2.75, 3.05) is 12.4 Å². The third-order valence-corrected chi connectivity index (χ3v) is 6.19. The summed E-state index contributed by atoms with van der Waals surface area (Å²) in [7, 11) is 1.63. The minimum atomic E-state index is -0.0213. The molecular formula is C19H22N2O2S. The van der Waals surface area contributed by atoms with Crippen LogP contribution in [0.25, 0.3) is 0 Å². The van der Waals surface area contributed by atoms with Crippen LogP contribution in [-0.2, 0) is 13.1 Å². The molecule has 1 aromatic heterocycles. The molecule has 2 aromatic rings. The van der Waals surface area contributed by atoms with E-state index in [9.17, 15) is 4.79 Å². The molecule has 5 heteroatoms. The Kier molecular flexibility index (Phi) is 4.29. The molecule has 1 saturated carbocycles. The molecule has 0 saturated heterocycles. The van der Waals surface area contributed by atoms with Crippen LogP contribution in [-0.4, -0.2) is 24.0 Å². The van der Waals surface area contributed by atoms with E-state index < -0.39 is 0 Å². The zero-order valence-electron chi connectivity index (χ0n) is 13.9. The minimum absolute atomic E-state index is 0.0213. The minimum Gasteiger partial charge on any atom is -0.497 e. The number of hydrogen-bond donors (Lipinski definition) is 1. The molecule has 126 valence electrons. The van der Waals surface area contributed by atoms with Crippen molar-refractivity contribution in [3.05, 3.63) is 45.6 Å². The lowest BCUT2D eigenvalue weighted by Crippen LogP contribution is -2.27. The van der Waals surface area contributed by atoms with Gasteiger partial charge in [-0.15, -0.1) is 11.3 Å². The van der Waals surface area contributed by atoms with Gasteiger partial charge in [-0.25, -0.2) is 0 Å². The molecule has 4 nitrogen and oxygen atoms in total. The average Bonchev–Trinajstić information content (AvgIpc) is 3.30. The van der Waals surface area contributed by atoms with Crippen molar-refractivity contribution >= 4 is 22.9 Å². The molecule has 0 spiro atoms. The first-order valence-corrected chi connectivity index (χ1v) is 9.35. The molecule has 1 fully saturated rings. The van der Waals surface area contributed by atoms with Crippen molar-refractivity contribution < 1.29 is 9.53 Å². The molecule has 1 aliphatic heterocycles. The maximum atomic E-state index is 12.5. The van der Waals surface area contributed by atoms with E-state index in [0.29, 0.717) is 0 Å². The first-order chi connectivity index (χ1) is 11.7. The van der Waals surface area contributed by atoms with E-state index in [2.05, 4.69) is 16.3 Å². The molecule has 24 heavy (non-hydrogen) atoms. The topological polar surface area (TPSA) is 41.6 Å². The number of ether oxygens (including phenoxy) is 1. The second-order valence-electron chi connectivity index (χ2n) is 6.58. The van der Waals surface area contributed by atoms with E-state index in [0.717, 1.165) is 35.4 Å². The highest BCUT2D eigenvalue weighted by molar-refractivity contribution is 7.14. The molecule has 1 aromatic carbocycles. The highest BCUT2D eigenvalue weighted by atomic mass is 32.1. The van der Waals surface area contributed by atoms with Crippen LogP contribution in [0.1, 0.15) is 45.8 Å². The molecule has 4 rings (SSSR count). The van der Waals surface area contributed by atoms with E-state index in [1.807, 2.05) is 24.3 Å². The molecule has 0 unspecified atom stereocenters. The zero-order chi connectivity index (χ0) is 16.5. The van der Waals surface area contributed by atoms with Gasteiger partial charge in [0.15, 0.2) is 0 Å².